The molecule has 0 amide bonds. The molecule has 0 aliphatic heterocycles. The number of benzene rings is 2. The van der Waals surface area contributed by atoms with E-state index in [1.807, 2.05) is 36.8 Å². The van der Waals surface area contributed by atoms with Crippen LogP contribution >= 0.6 is 15.9 Å². The van der Waals surface area contributed by atoms with Crippen LogP contribution in [-0.2, 0) is 6.54 Å². The summed E-state index contributed by atoms with van der Waals surface area (Å²) in [6.07, 6.45) is 3.90. The molecule has 0 aliphatic carbocycles. The molecule has 4 aromatic rings. The summed E-state index contributed by atoms with van der Waals surface area (Å²) in [4.78, 5) is 7.78. The Morgan fingerprint density at radius 1 is 1.17 bits per heavy atom. The van der Waals surface area contributed by atoms with Gasteiger partial charge in [0.25, 0.3) is 0 Å². The van der Waals surface area contributed by atoms with Crippen LogP contribution in [0.25, 0.3) is 22.2 Å². The van der Waals surface area contributed by atoms with Crippen molar-refractivity contribution in [2.75, 3.05) is 7.11 Å². The Bertz CT molecular complexity index is 1000. The number of hydrogen-bond acceptors (Lipinski definition) is 2. The molecule has 1 N–H and O–H groups in total. The Morgan fingerprint density at radius 2 is 2.04 bits per heavy atom. The number of H-pyrrole nitrogens is 1. The average molecular weight is 382 g/mol. The number of rotatable bonds is 4. The van der Waals surface area contributed by atoms with Gasteiger partial charge in [0, 0.05) is 29.2 Å². The molecule has 0 unspecified atom stereocenters. The standard InChI is InChI=1S/C19H16BrN3O/c1-24-14-6-4-5-13(9-14)11-23-12-22-19(20)18(23)16-10-21-17-8-3-2-7-15(16)17/h2-10,12,21H,11H2,1H3. The van der Waals surface area contributed by atoms with Gasteiger partial charge in [0.2, 0.25) is 0 Å². The van der Waals surface area contributed by atoms with Crippen molar-refractivity contribution in [2.24, 2.45) is 0 Å². The summed E-state index contributed by atoms with van der Waals surface area (Å²) in [6, 6.07) is 16.4. The van der Waals surface area contributed by atoms with Crippen LogP contribution in [0.2, 0.25) is 0 Å². The summed E-state index contributed by atoms with van der Waals surface area (Å²) >= 11 is 3.60. The van der Waals surface area contributed by atoms with Gasteiger partial charge in [-0.1, -0.05) is 30.3 Å². The number of fused-ring (bicyclic) bond motifs is 1. The fourth-order valence-electron chi connectivity index (χ4n) is 2.98. The van der Waals surface area contributed by atoms with Gasteiger partial charge in [0.05, 0.1) is 19.1 Å². The summed E-state index contributed by atoms with van der Waals surface area (Å²) in [5.74, 6) is 0.861. The molecule has 0 aliphatic rings. The summed E-state index contributed by atoms with van der Waals surface area (Å²) in [5.41, 5.74) is 4.49. The molecule has 2 aromatic heterocycles. The van der Waals surface area contributed by atoms with E-state index in [2.05, 4.69) is 54.7 Å². The van der Waals surface area contributed by atoms with Crippen molar-refractivity contribution in [3.8, 4) is 17.0 Å². The molecule has 0 atom stereocenters. The normalized spacial score (nSPS) is 11.1. The third kappa shape index (κ3) is 2.61. The quantitative estimate of drug-likeness (QED) is 0.548. The maximum Gasteiger partial charge on any atom is 0.132 e. The van der Waals surface area contributed by atoms with E-state index >= 15 is 0 Å². The van der Waals surface area contributed by atoms with Gasteiger partial charge in [-0.2, -0.15) is 0 Å². The molecule has 0 saturated heterocycles. The van der Waals surface area contributed by atoms with Crippen molar-refractivity contribution in [1.29, 1.82) is 0 Å². The fourth-order valence-corrected chi connectivity index (χ4v) is 3.51. The third-order valence-corrected chi connectivity index (χ3v) is 4.70. The molecule has 2 heterocycles. The third-order valence-electron chi connectivity index (χ3n) is 4.12. The molecular formula is C19H16BrN3O. The summed E-state index contributed by atoms with van der Waals surface area (Å²) in [7, 11) is 1.68. The van der Waals surface area contributed by atoms with E-state index in [9.17, 15) is 0 Å². The van der Waals surface area contributed by atoms with E-state index in [1.165, 1.54) is 10.9 Å². The number of aromatic nitrogens is 3. The molecule has 24 heavy (non-hydrogen) atoms. The van der Waals surface area contributed by atoms with Gasteiger partial charge in [0.1, 0.15) is 10.4 Å². The van der Waals surface area contributed by atoms with Crippen molar-refractivity contribution in [3.05, 3.63) is 71.2 Å². The summed E-state index contributed by atoms with van der Waals surface area (Å²) < 4.78 is 8.31. The van der Waals surface area contributed by atoms with Crippen LogP contribution in [0.1, 0.15) is 5.56 Å². The first kappa shape index (κ1) is 15.0. The van der Waals surface area contributed by atoms with Gasteiger partial charge in [-0.25, -0.2) is 4.98 Å². The number of methoxy groups -OCH3 is 1. The molecule has 0 bridgehead atoms. The van der Waals surface area contributed by atoms with Gasteiger partial charge in [-0.05, 0) is 39.7 Å². The molecule has 4 rings (SSSR count). The minimum atomic E-state index is 0.727. The number of imidazole rings is 1. The minimum Gasteiger partial charge on any atom is -0.497 e. The first-order valence-corrected chi connectivity index (χ1v) is 8.45. The van der Waals surface area contributed by atoms with Gasteiger partial charge in [-0.15, -0.1) is 0 Å². The highest BCUT2D eigenvalue weighted by Gasteiger charge is 2.15. The van der Waals surface area contributed by atoms with E-state index in [1.54, 1.807) is 7.11 Å². The van der Waals surface area contributed by atoms with Crippen molar-refractivity contribution in [2.45, 2.75) is 6.54 Å². The molecule has 0 radical (unpaired) electrons. The van der Waals surface area contributed by atoms with E-state index < -0.39 is 0 Å². The second-order valence-electron chi connectivity index (χ2n) is 5.61. The Balaban J connectivity index is 1.79. The maximum absolute atomic E-state index is 5.32. The van der Waals surface area contributed by atoms with Crippen LogP contribution in [0.5, 0.6) is 5.75 Å². The number of halogens is 1. The SMILES string of the molecule is COc1cccc(Cn2cnc(Br)c2-c2c[nH]c3ccccc23)c1. The molecule has 2 aromatic carbocycles. The Labute approximate surface area is 148 Å². The fraction of sp³-hybridized carbons (Fsp3) is 0.105. The van der Waals surface area contributed by atoms with Gasteiger partial charge < -0.3 is 14.3 Å². The van der Waals surface area contributed by atoms with Crippen molar-refractivity contribution >= 4 is 26.8 Å². The Hall–Kier alpha value is -2.53. The minimum absolute atomic E-state index is 0.727. The van der Waals surface area contributed by atoms with Crippen LogP contribution in [-0.4, -0.2) is 21.6 Å². The van der Waals surface area contributed by atoms with Crippen LogP contribution in [0, 0.1) is 0 Å². The molecule has 0 fully saturated rings. The second-order valence-corrected chi connectivity index (χ2v) is 6.36. The maximum atomic E-state index is 5.32. The average Bonchev–Trinajstić information content (AvgIpc) is 3.18. The lowest BCUT2D eigenvalue weighted by Gasteiger charge is -2.09. The number of ether oxygens (including phenoxy) is 1. The van der Waals surface area contributed by atoms with E-state index in [0.717, 1.165) is 33.7 Å². The summed E-state index contributed by atoms with van der Waals surface area (Å²) in [6.45, 7) is 0.727. The van der Waals surface area contributed by atoms with Crippen molar-refractivity contribution in [1.82, 2.24) is 14.5 Å². The Kier molecular flexibility index (Phi) is 3.86. The largest absolute Gasteiger partial charge is 0.497 e. The number of hydrogen-bond donors (Lipinski definition) is 1. The van der Waals surface area contributed by atoms with E-state index in [-0.39, 0.29) is 0 Å². The molecule has 4 nitrogen and oxygen atoms in total. The predicted molar refractivity (Wildman–Crippen MR) is 99.3 cm³/mol. The zero-order valence-corrected chi connectivity index (χ0v) is 14.7. The summed E-state index contributed by atoms with van der Waals surface area (Å²) in [5, 5.41) is 1.19. The Morgan fingerprint density at radius 3 is 2.92 bits per heavy atom. The molecular weight excluding hydrogens is 366 g/mol. The lowest BCUT2D eigenvalue weighted by Crippen LogP contribution is -2.00. The topological polar surface area (TPSA) is 42.8 Å². The van der Waals surface area contributed by atoms with Gasteiger partial charge in [0.15, 0.2) is 0 Å². The number of aromatic amines is 1. The van der Waals surface area contributed by atoms with Crippen LogP contribution in [0.4, 0.5) is 0 Å². The van der Waals surface area contributed by atoms with Crippen LogP contribution in [0.3, 0.4) is 0 Å². The predicted octanol–water partition coefficient (Wildman–Crippen LogP) is 4.85. The number of para-hydroxylation sites is 1. The zero-order valence-electron chi connectivity index (χ0n) is 13.2. The van der Waals surface area contributed by atoms with Crippen molar-refractivity contribution < 1.29 is 4.74 Å². The second kappa shape index (κ2) is 6.17. The zero-order chi connectivity index (χ0) is 16.5. The van der Waals surface area contributed by atoms with Crippen LogP contribution in [0.15, 0.2) is 65.7 Å². The first-order valence-electron chi connectivity index (χ1n) is 7.66. The molecule has 120 valence electrons. The highest BCUT2D eigenvalue weighted by molar-refractivity contribution is 9.10. The smallest absolute Gasteiger partial charge is 0.132 e. The van der Waals surface area contributed by atoms with E-state index in [4.69, 9.17) is 4.74 Å². The van der Waals surface area contributed by atoms with Crippen LogP contribution < -0.4 is 4.74 Å². The van der Waals surface area contributed by atoms with E-state index in [0.29, 0.717) is 0 Å². The molecule has 0 saturated carbocycles. The highest BCUT2D eigenvalue weighted by atomic mass is 79.9. The molecule has 5 heteroatoms. The number of nitrogens with one attached hydrogen (secondary N) is 1. The monoisotopic (exact) mass is 381 g/mol. The molecule has 0 spiro atoms. The van der Waals surface area contributed by atoms with Gasteiger partial charge in [-0.3, -0.25) is 0 Å². The van der Waals surface area contributed by atoms with Gasteiger partial charge >= 0.3 is 0 Å². The first-order chi connectivity index (χ1) is 11.8. The highest BCUT2D eigenvalue weighted by Crippen LogP contribution is 2.33. The number of nitrogens with zero attached hydrogens (tertiary/aromatic N) is 2. The lowest BCUT2D eigenvalue weighted by molar-refractivity contribution is 0.414. The lowest BCUT2D eigenvalue weighted by atomic mass is 10.1. The van der Waals surface area contributed by atoms with Crippen molar-refractivity contribution in [3.63, 3.8) is 0 Å².